The smallest absolute Gasteiger partial charge is 0.252 e. The summed E-state index contributed by atoms with van der Waals surface area (Å²) in [6, 6.07) is 0. The number of hydroxylamine groups is 2. The minimum absolute atomic E-state index is 0.344. The van der Waals surface area contributed by atoms with Crippen molar-refractivity contribution in [1.82, 2.24) is 5.06 Å². The Kier molecular flexibility index (Phi) is 4.34. The SMILES string of the molecule is C#C[C@H](O)[C@@H](C)C(=O)N(C)OC. The summed E-state index contributed by atoms with van der Waals surface area (Å²) in [5, 5.41) is 10.1. The molecule has 0 unspecified atom stereocenters. The zero-order valence-corrected chi connectivity index (χ0v) is 7.44. The number of terminal acetylenes is 1. The molecule has 0 rings (SSSR count). The van der Waals surface area contributed by atoms with Crippen LogP contribution in [0.4, 0.5) is 0 Å². The maximum Gasteiger partial charge on any atom is 0.252 e. The summed E-state index contributed by atoms with van der Waals surface area (Å²) in [6.07, 6.45) is 3.88. The second-order valence-corrected chi connectivity index (χ2v) is 2.42. The third-order valence-electron chi connectivity index (χ3n) is 1.62. The maximum atomic E-state index is 11.2. The lowest BCUT2D eigenvalue weighted by Gasteiger charge is -2.19. The molecule has 0 fully saturated rings. The molecule has 0 bridgehead atoms. The van der Waals surface area contributed by atoms with Gasteiger partial charge in [-0.25, -0.2) is 5.06 Å². The molecule has 0 radical (unpaired) electrons. The zero-order chi connectivity index (χ0) is 9.72. The van der Waals surface area contributed by atoms with Gasteiger partial charge in [0.1, 0.15) is 6.10 Å². The van der Waals surface area contributed by atoms with Gasteiger partial charge in [-0.3, -0.25) is 9.63 Å². The van der Waals surface area contributed by atoms with Crippen molar-refractivity contribution in [2.45, 2.75) is 13.0 Å². The van der Waals surface area contributed by atoms with Crippen LogP contribution in [-0.4, -0.2) is 36.3 Å². The second-order valence-electron chi connectivity index (χ2n) is 2.42. The summed E-state index contributed by atoms with van der Waals surface area (Å²) in [5.41, 5.74) is 0. The van der Waals surface area contributed by atoms with Crippen LogP contribution < -0.4 is 0 Å². The Hall–Kier alpha value is -1.05. The van der Waals surface area contributed by atoms with Gasteiger partial charge in [0, 0.05) is 7.05 Å². The molecule has 0 spiro atoms. The lowest BCUT2D eigenvalue weighted by atomic mass is 10.1. The minimum atomic E-state index is -1.06. The average Bonchev–Trinajstić information content (AvgIpc) is 2.12. The van der Waals surface area contributed by atoms with Crippen LogP contribution in [0.1, 0.15) is 6.92 Å². The number of carbonyl (C=O) groups is 1. The molecule has 1 amide bonds. The van der Waals surface area contributed by atoms with Crippen LogP contribution in [0.5, 0.6) is 0 Å². The summed E-state index contributed by atoms with van der Waals surface area (Å²) >= 11 is 0. The van der Waals surface area contributed by atoms with Crippen molar-refractivity contribution in [3.8, 4) is 12.3 Å². The fourth-order valence-electron chi connectivity index (χ4n) is 0.656. The fourth-order valence-corrected chi connectivity index (χ4v) is 0.656. The van der Waals surface area contributed by atoms with Gasteiger partial charge in [-0.15, -0.1) is 6.42 Å². The van der Waals surface area contributed by atoms with Gasteiger partial charge in [-0.05, 0) is 0 Å². The molecule has 0 aliphatic rings. The third kappa shape index (κ3) is 2.53. The normalized spacial score (nSPS) is 14.6. The molecular formula is C8H13NO3. The highest BCUT2D eigenvalue weighted by molar-refractivity contribution is 5.78. The van der Waals surface area contributed by atoms with Gasteiger partial charge in [0.15, 0.2) is 0 Å². The molecule has 0 saturated heterocycles. The number of carbonyl (C=O) groups excluding carboxylic acids is 1. The summed E-state index contributed by atoms with van der Waals surface area (Å²) in [6.45, 7) is 1.54. The van der Waals surface area contributed by atoms with E-state index in [9.17, 15) is 4.79 Å². The molecule has 0 aliphatic carbocycles. The van der Waals surface area contributed by atoms with Gasteiger partial charge in [-0.2, -0.15) is 0 Å². The first kappa shape index (κ1) is 11.0. The van der Waals surface area contributed by atoms with E-state index in [4.69, 9.17) is 11.5 Å². The summed E-state index contributed by atoms with van der Waals surface area (Å²) < 4.78 is 0. The highest BCUT2D eigenvalue weighted by Gasteiger charge is 2.23. The number of hydrogen-bond donors (Lipinski definition) is 1. The Morgan fingerprint density at radius 2 is 2.25 bits per heavy atom. The van der Waals surface area contributed by atoms with Crippen molar-refractivity contribution in [3.63, 3.8) is 0 Å². The lowest BCUT2D eigenvalue weighted by Crippen LogP contribution is -2.36. The molecule has 0 heterocycles. The Bertz CT molecular complexity index is 197. The monoisotopic (exact) mass is 171 g/mol. The minimum Gasteiger partial charge on any atom is -0.380 e. The molecule has 4 heteroatoms. The molecule has 0 saturated carbocycles. The first-order valence-electron chi connectivity index (χ1n) is 3.50. The van der Waals surface area contributed by atoms with Crippen LogP contribution in [0.2, 0.25) is 0 Å². The predicted octanol–water partition coefficient (Wildman–Crippen LogP) is -0.364. The topological polar surface area (TPSA) is 49.8 Å². The van der Waals surface area contributed by atoms with Gasteiger partial charge in [-0.1, -0.05) is 12.8 Å². The van der Waals surface area contributed by atoms with Crippen LogP contribution in [-0.2, 0) is 9.63 Å². The predicted molar refractivity (Wildman–Crippen MR) is 43.8 cm³/mol. The van der Waals surface area contributed by atoms with Crippen molar-refractivity contribution >= 4 is 5.91 Å². The molecule has 0 aromatic heterocycles. The van der Waals surface area contributed by atoms with E-state index in [1.807, 2.05) is 0 Å². The van der Waals surface area contributed by atoms with Crippen molar-refractivity contribution < 1.29 is 14.7 Å². The molecule has 0 aromatic carbocycles. The molecule has 68 valence electrons. The van der Waals surface area contributed by atoms with Gasteiger partial charge in [0.25, 0.3) is 5.91 Å². The summed E-state index contributed by atoms with van der Waals surface area (Å²) in [4.78, 5) is 15.9. The first-order valence-corrected chi connectivity index (χ1v) is 3.50. The third-order valence-corrected chi connectivity index (χ3v) is 1.62. The van der Waals surface area contributed by atoms with E-state index in [1.54, 1.807) is 6.92 Å². The quantitative estimate of drug-likeness (QED) is 0.466. The molecule has 4 nitrogen and oxygen atoms in total. The molecule has 2 atom stereocenters. The Labute approximate surface area is 72.1 Å². The van der Waals surface area contributed by atoms with Crippen LogP contribution in [0.25, 0.3) is 0 Å². The average molecular weight is 171 g/mol. The van der Waals surface area contributed by atoms with Crippen LogP contribution in [0.3, 0.4) is 0 Å². The molecule has 12 heavy (non-hydrogen) atoms. The molecular weight excluding hydrogens is 158 g/mol. The van der Waals surface area contributed by atoms with Gasteiger partial charge < -0.3 is 5.11 Å². The van der Waals surface area contributed by atoms with Crippen molar-refractivity contribution in [1.29, 1.82) is 0 Å². The molecule has 0 aromatic rings. The van der Waals surface area contributed by atoms with E-state index in [-0.39, 0.29) is 5.91 Å². The maximum absolute atomic E-state index is 11.2. The Morgan fingerprint density at radius 1 is 1.75 bits per heavy atom. The van der Waals surface area contributed by atoms with Crippen LogP contribution in [0.15, 0.2) is 0 Å². The van der Waals surface area contributed by atoms with E-state index in [0.29, 0.717) is 0 Å². The first-order chi connectivity index (χ1) is 5.54. The van der Waals surface area contributed by atoms with Crippen molar-refractivity contribution in [2.24, 2.45) is 5.92 Å². The standard InChI is InChI=1S/C8H13NO3/c1-5-7(10)6(2)8(11)9(3)12-4/h1,6-7,10H,2-4H3/t6-,7+/m1/s1. The Balaban J connectivity index is 4.21. The number of aliphatic hydroxyl groups is 1. The second kappa shape index (κ2) is 4.75. The number of amides is 1. The van der Waals surface area contributed by atoms with Gasteiger partial charge >= 0.3 is 0 Å². The lowest BCUT2D eigenvalue weighted by molar-refractivity contribution is -0.175. The van der Waals surface area contributed by atoms with Gasteiger partial charge in [0.2, 0.25) is 0 Å². The van der Waals surface area contributed by atoms with E-state index in [1.165, 1.54) is 14.2 Å². The molecule has 0 aliphatic heterocycles. The highest BCUT2D eigenvalue weighted by Crippen LogP contribution is 2.05. The van der Waals surface area contributed by atoms with E-state index >= 15 is 0 Å². The summed E-state index contributed by atoms with van der Waals surface area (Å²) in [7, 11) is 2.83. The van der Waals surface area contributed by atoms with E-state index < -0.39 is 12.0 Å². The zero-order valence-electron chi connectivity index (χ0n) is 7.44. The van der Waals surface area contributed by atoms with Crippen molar-refractivity contribution in [3.05, 3.63) is 0 Å². The Morgan fingerprint density at radius 3 is 2.58 bits per heavy atom. The van der Waals surface area contributed by atoms with E-state index in [2.05, 4.69) is 10.8 Å². The van der Waals surface area contributed by atoms with Crippen LogP contribution >= 0.6 is 0 Å². The number of aliphatic hydroxyl groups excluding tert-OH is 1. The van der Waals surface area contributed by atoms with Crippen molar-refractivity contribution in [2.75, 3.05) is 14.2 Å². The molecule has 1 N–H and O–H groups in total. The fraction of sp³-hybridized carbons (Fsp3) is 0.625. The number of nitrogens with zero attached hydrogens (tertiary/aromatic N) is 1. The van der Waals surface area contributed by atoms with E-state index in [0.717, 1.165) is 5.06 Å². The summed E-state index contributed by atoms with van der Waals surface area (Å²) in [5.74, 6) is 1.09. The number of rotatable bonds is 3. The number of hydrogen-bond acceptors (Lipinski definition) is 3. The van der Waals surface area contributed by atoms with Gasteiger partial charge in [0.05, 0.1) is 13.0 Å². The largest absolute Gasteiger partial charge is 0.380 e. The highest BCUT2D eigenvalue weighted by atomic mass is 16.7. The van der Waals surface area contributed by atoms with Crippen LogP contribution in [0, 0.1) is 18.3 Å².